The van der Waals surface area contributed by atoms with Crippen molar-refractivity contribution < 1.29 is 17.6 Å². The topological polar surface area (TPSA) is 99.1 Å². The summed E-state index contributed by atoms with van der Waals surface area (Å²) in [4.78, 5) is 15.1. The maximum atomic E-state index is 13.0. The molecule has 0 aliphatic heterocycles. The molecule has 9 heteroatoms. The van der Waals surface area contributed by atoms with Crippen LogP contribution < -0.4 is 10.3 Å². The Morgan fingerprint density at radius 2 is 1.81 bits per heavy atom. The minimum atomic E-state index is -4.02. The molecule has 1 aromatic heterocycles. The van der Waals surface area contributed by atoms with Crippen molar-refractivity contribution in [1.29, 1.82) is 5.26 Å². The quantitative estimate of drug-likeness (QED) is 0.642. The molecular weight excluding hydrogens is 389 g/mol. The summed E-state index contributed by atoms with van der Waals surface area (Å²) < 4.78 is 37.4. The highest BCUT2D eigenvalue weighted by Crippen LogP contribution is 2.28. The number of nitrogens with one attached hydrogen (secondary N) is 2. The average molecular weight is 401 g/mol. The second-order valence-electron chi connectivity index (χ2n) is 5.37. The largest absolute Gasteiger partial charge is 0.276 e. The lowest BCUT2D eigenvalue weighted by molar-refractivity contribution is 0.0949. The van der Waals surface area contributed by atoms with E-state index in [4.69, 9.17) is 5.26 Å². The Balaban J connectivity index is 1.70. The molecule has 1 amide bonds. The first-order chi connectivity index (χ1) is 12.9. The van der Waals surface area contributed by atoms with E-state index in [1.54, 1.807) is 24.3 Å². The Bertz CT molecular complexity index is 1130. The second kappa shape index (κ2) is 7.67. The van der Waals surface area contributed by atoms with Crippen molar-refractivity contribution in [2.24, 2.45) is 0 Å². The number of carbonyl (C=O) groups excluding carboxylic acids is 1. The Morgan fingerprint density at radius 1 is 1.07 bits per heavy atom. The van der Waals surface area contributed by atoms with E-state index in [1.807, 2.05) is 10.9 Å². The van der Waals surface area contributed by atoms with Crippen molar-refractivity contribution in [3.8, 4) is 16.5 Å². The second-order valence-corrected chi connectivity index (χ2v) is 8.14. The highest BCUT2D eigenvalue weighted by Gasteiger charge is 2.17. The molecule has 0 fully saturated rings. The van der Waals surface area contributed by atoms with Gasteiger partial charge in [0.05, 0.1) is 21.4 Å². The third-order valence-corrected chi connectivity index (χ3v) is 5.91. The number of halogens is 1. The van der Waals surface area contributed by atoms with E-state index in [-0.39, 0.29) is 21.2 Å². The van der Waals surface area contributed by atoms with Crippen LogP contribution in [0.3, 0.4) is 0 Å². The van der Waals surface area contributed by atoms with Gasteiger partial charge in [0.1, 0.15) is 5.82 Å². The number of sulfonamides is 1. The minimum absolute atomic E-state index is 0.139. The van der Waals surface area contributed by atoms with Crippen LogP contribution in [0.15, 0.2) is 65.6 Å². The molecule has 0 atom stereocenters. The monoisotopic (exact) mass is 401 g/mol. The van der Waals surface area contributed by atoms with E-state index < -0.39 is 15.9 Å². The molecule has 0 radical (unpaired) electrons. The number of nitrogens with zero attached hydrogens (tertiary/aromatic N) is 1. The van der Waals surface area contributed by atoms with Gasteiger partial charge in [-0.1, -0.05) is 18.2 Å². The molecular formula is C18H12FN3O3S2. The maximum Gasteiger partial charge on any atom is 0.276 e. The molecule has 27 heavy (non-hydrogen) atoms. The Morgan fingerprint density at radius 3 is 2.52 bits per heavy atom. The number of thiophene rings is 1. The number of rotatable bonds is 5. The van der Waals surface area contributed by atoms with Gasteiger partial charge in [-0.05, 0) is 48.0 Å². The van der Waals surface area contributed by atoms with Gasteiger partial charge in [-0.2, -0.15) is 5.26 Å². The van der Waals surface area contributed by atoms with Crippen molar-refractivity contribution >= 4 is 27.3 Å². The van der Waals surface area contributed by atoms with Gasteiger partial charge in [0, 0.05) is 4.88 Å². The number of hydrazine groups is 1. The van der Waals surface area contributed by atoms with Crippen LogP contribution in [0.5, 0.6) is 0 Å². The van der Waals surface area contributed by atoms with E-state index in [0.29, 0.717) is 0 Å². The Hall–Kier alpha value is -3.06. The summed E-state index contributed by atoms with van der Waals surface area (Å²) in [6.45, 7) is 0. The van der Waals surface area contributed by atoms with Gasteiger partial charge in [-0.25, -0.2) is 12.8 Å². The molecule has 0 bridgehead atoms. The van der Waals surface area contributed by atoms with Crippen LogP contribution in [0, 0.1) is 17.1 Å². The maximum absolute atomic E-state index is 13.0. The zero-order valence-electron chi connectivity index (χ0n) is 13.6. The molecule has 3 rings (SSSR count). The molecule has 2 N–H and O–H groups in total. The molecule has 6 nitrogen and oxygen atoms in total. The number of amides is 1. The van der Waals surface area contributed by atoms with E-state index in [1.165, 1.54) is 36.4 Å². The molecule has 0 unspecified atom stereocenters. The standard InChI is InChI=1S/C18H12FN3O3S2/c19-14-6-4-13(5-7-14)16-8-9-17(26-16)18(23)21-22-27(24,25)15-3-1-2-12(10-15)11-20/h1-10,22H,(H,21,23). The summed E-state index contributed by atoms with van der Waals surface area (Å²) in [7, 11) is -4.02. The van der Waals surface area contributed by atoms with Crippen LogP contribution in [0.4, 0.5) is 4.39 Å². The molecule has 0 saturated carbocycles. The molecule has 136 valence electrons. The number of carbonyl (C=O) groups is 1. The smallest absolute Gasteiger partial charge is 0.273 e. The fraction of sp³-hybridized carbons (Fsp3) is 0. The molecule has 1 heterocycles. The summed E-state index contributed by atoms with van der Waals surface area (Å²) in [5, 5.41) is 8.85. The van der Waals surface area contributed by atoms with Crippen molar-refractivity contribution in [3.05, 3.63) is 76.9 Å². The van der Waals surface area contributed by atoms with Gasteiger partial charge in [0.2, 0.25) is 0 Å². The number of hydrogen-bond donors (Lipinski definition) is 2. The van der Waals surface area contributed by atoms with Crippen molar-refractivity contribution in [1.82, 2.24) is 10.3 Å². The summed E-state index contributed by atoms with van der Waals surface area (Å²) in [5.74, 6) is -0.989. The SMILES string of the molecule is N#Cc1cccc(S(=O)(=O)NNC(=O)c2ccc(-c3ccc(F)cc3)s2)c1. The summed E-state index contributed by atoms with van der Waals surface area (Å²) in [5.41, 5.74) is 3.07. The van der Waals surface area contributed by atoms with Crippen LogP contribution in [-0.4, -0.2) is 14.3 Å². The molecule has 3 aromatic rings. The fourth-order valence-electron chi connectivity index (χ4n) is 2.20. The van der Waals surface area contributed by atoms with Gasteiger partial charge in [0.25, 0.3) is 15.9 Å². The Kier molecular flexibility index (Phi) is 5.32. The van der Waals surface area contributed by atoms with Gasteiger partial charge >= 0.3 is 0 Å². The lowest BCUT2D eigenvalue weighted by Crippen LogP contribution is -2.41. The van der Waals surface area contributed by atoms with Crippen LogP contribution in [0.2, 0.25) is 0 Å². The number of benzene rings is 2. The lowest BCUT2D eigenvalue weighted by Gasteiger charge is -2.07. The molecule has 0 aliphatic rings. The lowest BCUT2D eigenvalue weighted by atomic mass is 10.2. The zero-order chi connectivity index (χ0) is 19.4. The van der Waals surface area contributed by atoms with Crippen LogP contribution in [-0.2, 0) is 10.0 Å². The van der Waals surface area contributed by atoms with Crippen molar-refractivity contribution in [3.63, 3.8) is 0 Å². The highest BCUT2D eigenvalue weighted by atomic mass is 32.2. The van der Waals surface area contributed by atoms with Gasteiger partial charge in [-0.3, -0.25) is 10.2 Å². The first-order valence-electron chi connectivity index (χ1n) is 7.57. The molecule has 2 aromatic carbocycles. The van der Waals surface area contributed by atoms with Gasteiger partial charge in [-0.15, -0.1) is 16.2 Å². The predicted octanol–water partition coefficient (Wildman–Crippen LogP) is 3.05. The number of nitriles is 1. The van der Waals surface area contributed by atoms with Crippen LogP contribution in [0.1, 0.15) is 15.2 Å². The number of hydrogen-bond acceptors (Lipinski definition) is 5. The highest BCUT2D eigenvalue weighted by molar-refractivity contribution is 7.89. The van der Waals surface area contributed by atoms with Gasteiger partial charge < -0.3 is 0 Å². The predicted molar refractivity (Wildman–Crippen MR) is 98.7 cm³/mol. The average Bonchev–Trinajstić information content (AvgIpc) is 3.17. The van der Waals surface area contributed by atoms with E-state index in [2.05, 4.69) is 5.43 Å². The summed E-state index contributed by atoms with van der Waals surface area (Å²) in [6, 6.07) is 16.3. The van der Waals surface area contributed by atoms with Crippen LogP contribution >= 0.6 is 11.3 Å². The first kappa shape index (κ1) is 18.7. The third kappa shape index (κ3) is 4.38. The molecule has 0 saturated heterocycles. The van der Waals surface area contributed by atoms with Gasteiger partial charge in [0.15, 0.2) is 0 Å². The van der Waals surface area contributed by atoms with Crippen molar-refractivity contribution in [2.45, 2.75) is 4.90 Å². The van der Waals surface area contributed by atoms with Crippen molar-refractivity contribution in [2.75, 3.05) is 0 Å². The van der Waals surface area contributed by atoms with E-state index in [9.17, 15) is 17.6 Å². The third-order valence-electron chi connectivity index (χ3n) is 3.53. The molecule has 0 aliphatic carbocycles. The first-order valence-corrected chi connectivity index (χ1v) is 9.87. The van der Waals surface area contributed by atoms with Crippen LogP contribution in [0.25, 0.3) is 10.4 Å². The summed E-state index contributed by atoms with van der Waals surface area (Å²) in [6.07, 6.45) is 0. The molecule has 0 spiro atoms. The minimum Gasteiger partial charge on any atom is -0.273 e. The fourth-order valence-corrected chi connectivity index (χ4v) is 3.99. The van der Waals surface area contributed by atoms with E-state index in [0.717, 1.165) is 21.8 Å². The van der Waals surface area contributed by atoms with E-state index >= 15 is 0 Å². The zero-order valence-corrected chi connectivity index (χ0v) is 15.3. The normalized spacial score (nSPS) is 11.0. The Labute approximate surface area is 158 Å². The summed E-state index contributed by atoms with van der Waals surface area (Å²) >= 11 is 1.14.